The summed E-state index contributed by atoms with van der Waals surface area (Å²) in [5.74, 6) is 0.415. The molecule has 1 aliphatic rings. The van der Waals surface area contributed by atoms with Crippen LogP contribution < -0.4 is 4.74 Å². The predicted octanol–water partition coefficient (Wildman–Crippen LogP) is 0.687. The average molecular weight is 236 g/mol. The molecule has 0 unspecified atom stereocenters. The summed E-state index contributed by atoms with van der Waals surface area (Å²) in [7, 11) is 1.53. The number of rotatable bonds is 3. The van der Waals surface area contributed by atoms with Gasteiger partial charge in [0.25, 0.3) is 5.91 Å². The summed E-state index contributed by atoms with van der Waals surface area (Å²) in [6.07, 6.45) is 3.32. The Morgan fingerprint density at radius 3 is 3.06 bits per heavy atom. The number of carbonyl (C=O) groups is 1. The van der Waals surface area contributed by atoms with Gasteiger partial charge in [0, 0.05) is 18.8 Å². The summed E-state index contributed by atoms with van der Waals surface area (Å²) in [5.41, 5.74) is 0.533. The molecule has 0 aromatic carbocycles. The van der Waals surface area contributed by atoms with Crippen molar-refractivity contribution in [2.24, 2.45) is 0 Å². The van der Waals surface area contributed by atoms with Crippen LogP contribution in [0.5, 0.6) is 5.88 Å². The first-order valence-corrected chi connectivity index (χ1v) is 5.68. The van der Waals surface area contributed by atoms with Crippen LogP contribution in [-0.2, 0) is 0 Å². The summed E-state index contributed by atoms with van der Waals surface area (Å²) in [4.78, 5) is 17.9. The molecule has 0 saturated carbocycles. The maximum absolute atomic E-state index is 12.1. The molecular formula is C12H16N2O3. The molecule has 1 saturated heterocycles. The van der Waals surface area contributed by atoms with Gasteiger partial charge in [-0.05, 0) is 18.9 Å². The lowest BCUT2D eigenvalue weighted by Gasteiger charge is -2.22. The van der Waals surface area contributed by atoms with E-state index in [1.165, 1.54) is 13.3 Å². The Morgan fingerprint density at radius 1 is 1.65 bits per heavy atom. The van der Waals surface area contributed by atoms with Crippen molar-refractivity contribution in [1.29, 1.82) is 0 Å². The molecule has 1 fully saturated rings. The summed E-state index contributed by atoms with van der Waals surface area (Å²) in [6, 6.07) is 3.31. The van der Waals surface area contributed by atoms with Gasteiger partial charge in [-0.25, -0.2) is 4.98 Å². The number of amides is 1. The monoisotopic (exact) mass is 236 g/mol. The van der Waals surface area contributed by atoms with Crippen LogP contribution >= 0.6 is 0 Å². The van der Waals surface area contributed by atoms with Crippen molar-refractivity contribution in [3.63, 3.8) is 0 Å². The lowest BCUT2D eigenvalue weighted by Crippen LogP contribution is -2.37. The first-order chi connectivity index (χ1) is 8.26. The molecule has 0 radical (unpaired) electrons. The fourth-order valence-electron chi connectivity index (χ4n) is 2.09. The molecule has 1 amide bonds. The summed E-state index contributed by atoms with van der Waals surface area (Å²) in [6.45, 7) is 0.728. The summed E-state index contributed by atoms with van der Waals surface area (Å²) < 4.78 is 4.94. The molecule has 2 heterocycles. The Bertz CT molecular complexity index is 391. The van der Waals surface area contributed by atoms with Crippen LogP contribution in [0.15, 0.2) is 18.3 Å². The zero-order valence-corrected chi connectivity index (χ0v) is 9.80. The number of likely N-dealkylation sites (tertiary alicyclic amines) is 1. The second-order valence-electron chi connectivity index (χ2n) is 4.07. The zero-order valence-electron chi connectivity index (χ0n) is 9.80. The normalized spacial score (nSPS) is 19.4. The van der Waals surface area contributed by atoms with Crippen molar-refractivity contribution < 1.29 is 14.6 Å². The molecule has 17 heavy (non-hydrogen) atoms. The second kappa shape index (κ2) is 5.14. The molecule has 1 aromatic rings. The number of pyridine rings is 1. The third kappa shape index (κ3) is 2.39. The number of aliphatic hydroxyl groups excluding tert-OH is 1. The van der Waals surface area contributed by atoms with E-state index in [4.69, 9.17) is 4.74 Å². The average Bonchev–Trinajstić information content (AvgIpc) is 2.86. The molecule has 0 aliphatic carbocycles. The Labute approximate surface area is 100 Å². The molecule has 1 N–H and O–H groups in total. The van der Waals surface area contributed by atoms with Gasteiger partial charge in [-0.3, -0.25) is 4.79 Å². The zero-order chi connectivity index (χ0) is 12.3. The fourth-order valence-corrected chi connectivity index (χ4v) is 2.09. The Balaban J connectivity index is 2.13. The van der Waals surface area contributed by atoms with Crippen LogP contribution in [0.2, 0.25) is 0 Å². The molecule has 0 spiro atoms. The Hall–Kier alpha value is -1.62. The van der Waals surface area contributed by atoms with Crippen molar-refractivity contribution in [3.8, 4) is 5.88 Å². The fraction of sp³-hybridized carbons (Fsp3) is 0.500. The molecular weight excluding hydrogens is 220 g/mol. The largest absolute Gasteiger partial charge is 0.481 e. The summed E-state index contributed by atoms with van der Waals surface area (Å²) in [5, 5.41) is 9.18. The minimum Gasteiger partial charge on any atom is -0.481 e. The van der Waals surface area contributed by atoms with E-state index in [1.54, 1.807) is 17.0 Å². The number of carbonyl (C=O) groups excluding carboxylic acids is 1. The quantitative estimate of drug-likeness (QED) is 0.838. The van der Waals surface area contributed by atoms with Gasteiger partial charge < -0.3 is 14.7 Å². The number of hydrogen-bond donors (Lipinski definition) is 1. The number of ether oxygens (including phenoxy) is 1. The molecule has 1 aromatic heterocycles. The first-order valence-electron chi connectivity index (χ1n) is 5.68. The van der Waals surface area contributed by atoms with E-state index in [9.17, 15) is 9.90 Å². The van der Waals surface area contributed by atoms with Crippen molar-refractivity contribution in [2.45, 2.75) is 18.9 Å². The van der Waals surface area contributed by atoms with Crippen LogP contribution in [0.4, 0.5) is 0 Å². The molecule has 1 atom stereocenters. The van der Waals surface area contributed by atoms with Gasteiger partial charge in [0.05, 0.1) is 25.3 Å². The molecule has 2 rings (SSSR count). The molecule has 5 heteroatoms. The third-order valence-electron chi connectivity index (χ3n) is 3.04. The lowest BCUT2D eigenvalue weighted by molar-refractivity contribution is 0.0677. The highest BCUT2D eigenvalue weighted by molar-refractivity contribution is 5.94. The van der Waals surface area contributed by atoms with Crippen molar-refractivity contribution >= 4 is 5.91 Å². The van der Waals surface area contributed by atoms with Gasteiger partial charge in [-0.1, -0.05) is 0 Å². The Morgan fingerprint density at radius 2 is 2.47 bits per heavy atom. The minimum atomic E-state index is -0.0725. The summed E-state index contributed by atoms with van der Waals surface area (Å²) >= 11 is 0. The van der Waals surface area contributed by atoms with E-state index in [1.807, 2.05) is 0 Å². The smallest absolute Gasteiger partial charge is 0.255 e. The molecule has 0 bridgehead atoms. The second-order valence-corrected chi connectivity index (χ2v) is 4.07. The SMILES string of the molecule is COc1ccc(C(=O)N2CCC[C@H]2CO)cn1. The van der Waals surface area contributed by atoms with Crippen LogP contribution in [0.1, 0.15) is 23.2 Å². The molecule has 1 aliphatic heterocycles. The van der Waals surface area contributed by atoms with Gasteiger partial charge in [0.2, 0.25) is 5.88 Å². The minimum absolute atomic E-state index is 0.0231. The first kappa shape index (κ1) is 11.9. The topological polar surface area (TPSA) is 62.7 Å². The Kier molecular flexibility index (Phi) is 3.58. The van der Waals surface area contributed by atoms with Gasteiger partial charge >= 0.3 is 0 Å². The van der Waals surface area contributed by atoms with E-state index in [-0.39, 0.29) is 18.6 Å². The standard InChI is InChI=1S/C12H16N2O3/c1-17-11-5-4-9(7-13-11)12(16)14-6-2-3-10(14)8-15/h4-5,7,10,15H,2-3,6,8H2,1H3/t10-/m0/s1. The van der Waals surface area contributed by atoms with Crippen LogP contribution in [-0.4, -0.2) is 47.2 Å². The van der Waals surface area contributed by atoms with Gasteiger partial charge in [0.1, 0.15) is 0 Å². The highest BCUT2D eigenvalue weighted by Crippen LogP contribution is 2.20. The maximum atomic E-state index is 12.1. The maximum Gasteiger partial charge on any atom is 0.255 e. The molecule has 92 valence electrons. The number of aliphatic hydroxyl groups is 1. The van der Waals surface area contributed by atoms with Gasteiger partial charge in [0.15, 0.2) is 0 Å². The number of methoxy groups -OCH3 is 1. The van der Waals surface area contributed by atoms with E-state index in [2.05, 4.69) is 4.98 Å². The van der Waals surface area contributed by atoms with Crippen molar-refractivity contribution in [2.75, 3.05) is 20.3 Å². The third-order valence-corrected chi connectivity index (χ3v) is 3.04. The van der Waals surface area contributed by atoms with Crippen molar-refractivity contribution in [3.05, 3.63) is 23.9 Å². The van der Waals surface area contributed by atoms with E-state index in [0.717, 1.165) is 12.8 Å². The highest BCUT2D eigenvalue weighted by Gasteiger charge is 2.28. The molecule has 5 nitrogen and oxygen atoms in total. The van der Waals surface area contributed by atoms with Crippen molar-refractivity contribution in [1.82, 2.24) is 9.88 Å². The van der Waals surface area contributed by atoms with Gasteiger partial charge in [-0.15, -0.1) is 0 Å². The van der Waals surface area contributed by atoms with E-state index < -0.39 is 0 Å². The van der Waals surface area contributed by atoms with E-state index >= 15 is 0 Å². The highest BCUT2D eigenvalue weighted by atomic mass is 16.5. The van der Waals surface area contributed by atoms with Crippen LogP contribution in [0, 0.1) is 0 Å². The van der Waals surface area contributed by atoms with Gasteiger partial charge in [-0.2, -0.15) is 0 Å². The van der Waals surface area contributed by atoms with E-state index in [0.29, 0.717) is 18.0 Å². The number of aromatic nitrogens is 1. The predicted molar refractivity (Wildman–Crippen MR) is 61.9 cm³/mol. The number of nitrogens with zero attached hydrogens (tertiary/aromatic N) is 2. The number of hydrogen-bond acceptors (Lipinski definition) is 4. The van der Waals surface area contributed by atoms with Crippen LogP contribution in [0.3, 0.4) is 0 Å². The lowest BCUT2D eigenvalue weighted by atomic mass is 10.2. The van der Waals surface area contributed by atoms with Crippen LogP contribution in [0.25, 0.3) is 0 Å².